The quantitative estimate of drug-likeness (QED) is 0.835. The molecular weight excluding hydrogens is 321 g/mol. The molecule has 2 aromatic carbocycles. The van der Waals surface area contributed by atoms with E-state index in [4.69, 9.17) is 0 Å². The molecule has 0 saturated carbocycles. The highest BCUT2D eigenvalue weighted by atomic mass is 19.4. The minimum atomic E-state index is -5.17. The molecule has 2 rings (SSSR count). The fourth-order valence-corrected chi connectivity index (χ4v) is 2.36. The van der Waals surface area contributed by atoms with E-state index < -0.39 is 24.2 Å². The van der Waals surface area contributed by atoms with Gasteiger partial charge in [0.15, 0.2) is 0 Å². The van der Waals surface area contributed by atoms with Crippen LogP contribution in [0.2, 0.25) is 0 Å². The van der Waals surface area contributed by atoms with Crippen LogP contribution >= 0.6 is 0 Å². The second kappa shape index (κ2) is 6.65. The lowest BCUT2D eigenvalue weighted by Crippen LogP contribution is -2.53. The van der Waals surface area contributed by atoms with Crippen LogP contribution in [0.1, 0.15) is 18.9 Å². The van der Waals surface area contributed by atoms with Gasteiger partial charge in [0.05, 0.1) is 6.61 Å². The summed E-state index contributed by atoms with van der Waals surface area (Å²) in [6.07, 6.45) is -6.16. The minimum Gasteiger partial charge on any atom is -0.464 e. The molecule has 0 saturated heterocycles. The molecule has 1 unspecified atom stereocenters. The van der Waals surface area contributed by atoms with Crippen molar-refractivity contribution in [1.29, 1.82) is 0 Å². The standard InChI is InChI=1S/C18H17F3O3/c1-3-24-16(22)17(23,18(19,20)21)11-12(2)14-9-8-13-6-4-5-7-15(13)10-14/h4-10,23H,2-3,11H2,1H3. The Morgan fingerprint density at radius 3 is 2.38 bits per heavy atom. The molecule has 24 heavy (non-hydrogen) atoms. The zero-order chi connectivity index (χ0) is 18.0. The van der Waals surface area contributed by atoms with Crippen molar-refractivity contribution >= 4 is 22.3 Å². The Hall–Kier alpha value is -2.34. The van der Waals surface area contributed by atoms with Gasteiger partial charge in [-0.25, -0.2) is 4.79 Å². The Morgan fingerprint density at radius 2 is 1.79 bits per heavy atom. The number of fused-ring (bicyclic) bond motifs is 1. The van der Waals surface area contributed by atoms with Crippen molar-refractivity contribution < 1.29 is 27.8 Å². The summed E-state index contributed by atoms with van der Waals surface area (Å²) >= 11 is 0. The maximum absolute atomic E-state index is 13.2. The lowest BCUT2D eigenvalue weighted by Gasteiger charge is -2.28. The highest BCUT2D eigenvalue weighted by Crippen LogP contribution is 2.38. The van der Waals surface area contributed by atoms with E-state index in [0.29, 0.717) is 5.56 Å². The van der Waals surface area contributed by atoms with Crippen molar-refractivity contribution in [3.05, 3.63) is 54.6 Å². The number of alkyl halides is 3. The summed E-state index contributed by atoms with van der Waals surface area (Å²) in [5, 5.41) is 11.7. The monoisotopic (exact) mass is 338 g/mol. The summed E-state index contributed by atoms with van der Waals surface area (Å²) in [7, 11) is 0. The van der Waals surface area contributed by atoms with Crippen molar-refractivity contribution in [1.82, 2.24) is 0 Å². The zero-order valence-electron chi connectivity index (χ0n) is 13.1. The Balaban J connectivity index is 2.34. The zero-order valence-corrected chi connectivity index (χ0v) is 13.1. The molecule has 0 heterocycles. The molecule has 6 heteroatoms. The van der Waals surface area contributed by atoms with E-state index in [1.165, 1.54) is 6.92 Å². The molecule has 0 aliphatic rings. The number of ether oxygens (including phenoxy) is 1. The fraction of sp³-hybridized carbons (Fsp3) is 0.278. The van der Waals surface area contributed by atoms with Crippen LogP contribution in [-0.4, -0.2) is 29.5 Å². The predicted molar refractivity (Wildman–Crippen MR) is 85.2 cm³/mol. The van der Waals surface area contributed by atoms with Gasteiger partial charge >= 0.3 is 12.1 Å². The Bertz CT molecular complexity index is 767. The number of benzene rings is 2. The van der Waals surface area contributed by atoms with Crippen LogP contribution in [0.4, 0.5) is 13.2 Å². The molecule has 128 valence electrons. The molecule has 1 atom stereocenters. The van der Waals surface area contributed by atoms with Crippen LogP contribution in [0.15, 0.2) is 49.0 Å². The third-order valence-corrected chi connectivity index (χ3v) is 3.71. The van der Waals surface area contributed by atoms with Crippen LogP contribution in [0.5, 0.6) is 0 Å². The van der Waals surface area contributed by atoms with Gasteiger partial charge in [0, 0.05) is 6.42 Å². The number of hydrogen-bond donors (Lipinski definition) is 1. The second-order valence-electron chi connectivity index (χ2n) is 5.42. The fourth-order valence-electron chi connectivity index (χ4n) is 2.36. The molecule has 0 amide bonds. The maximum atomic E-state index is 13.2. The van der Waals surface area contributed by atoms with Crippen LogP contribution in [0, 0.1) is 0 Å². The molecule has 2 aromatic rings. The first-order chi connectivity index (χ1) is 11.2. The lowest BCUT2D eigenvalue weighted by molar-refractivity contribution is -0.260. The van der Waals surface area contributed by atoms with E-state index in [2.05, 4.69) is 11.3 Å². The smallest absolute Gasteiger partial charge is 0.428 e. The molecule has 0 aliphatic heterocycles. The summed E-state index contributed by atoms with van der Waals surface area (Å²) < 4.78 is 44.0. The molecule has 3 nitrogen and oxygen atoms in total. The van der Waals surface area contributed by atoms with E-state index in [0.717, 1.165) is 10.8 Å². The molecule has 0 aromatic heterocycles. The molecule has 0 bridgehead atoms. The summed E-state index contributed by atoms with van der Waals surface area (Å²) in [5.41, 5.74) is -3.21. The summed E-state index contributed by atoms with van der Waals surface area (Å²) in [6, 6.07) is 12.3. The summed E-state index contributed by atoms with van der Waals surface area (Å²) in [5.74, 6) is -1.72. The largest absolute Gasteiger partial charge is 0.464 e. The van der Waals surface area contributed by atoms with E-state index in [9.17, 15) is 23.1 Å². The molecule has 0 aliphatic carbocycles. The Morgan fingerprint density at radius 1 is 1.17 bits per heavy atom. The second-order valence-corrected chi connectivity index (χ2v) is 5.42. The molecular formula is C18H17F3O3. The first-order valence-corrected chi connectivity index (χ1v) is 7.32. The normalized spacial score (nSPS) is 14.2. The molecule has 0 spiro atoms. The number of hydrogen-bond acceptors (Lipinski definition) is 3. The van der Waals surface area contributed by atoms with Crippen LogP contribution < -0.4 is 0 Å². The van der Waals surface area contributed by atoms with Crippen LogP contribution in [0.3, 0.4) is 0 Å². The molecule has 0 radical (unpaired) electrons. The lowest BCUT2D eigenvalue weighted by atomic mass is 9.90. The van der Waals surface area contributed by atoms with Crippen molar-refractivity contribution in [2.75, 3.05) is 6.61 Å². The van der Waals surface area contributed by atoms with E-state index in [-0.39, 0.29) is 12.2 Å². The van der Waals surface area contributed by atoms with Crippen LogP contribution in [-0.2, 0) is 9.53 Å². The average molecular weight is 338 g/mol. The van der Waals surface area contributed by atoms with Gasteiger partial charge in [-0.2, -0.15) is 13.2 Å². The van der Waals surface area contributed by atoms with Gasteiger partial charge in [-0.05, 0) is 34.9 Å². The van der Waals surface area contributed by atoms with Gasteiger partial charge in [0.1, 0.15) is 0 Å². The van der Waals surface area contributed by atoms with E-state index in [1.807, 2.05) is 18.2 Å². The molecule has 1 N–H and O–H groups in total. The first-order valence-electron chi connectivity index (χ1n) is 7.32. The number of carbonyl (C=O) groups is 1. The highest BCUT2D eigenvalue weighted by molar-refractivity contribution is 5.88. The third kappa shape index (κ3) is 3.43. The maximum Gasteiger partial charge on any atom is 0.428 e. The summed E-state index contributed by atoms with van der Waals surface area (Å²) in [4.78, 5) is 11.7. The minimum absolute atomic E-state index is 0.00590. The van der Waals surface area contributed by atoms with Gasteiger partial charge in [-0.15, -0.1) is 0 Å². The Kier molecular flexibility index (Phi) is 4.99. The summed E-state index contributed by atoms with van der Waals surface area (Å²) in [6.45, 7) is 4.71. The van der Waals surface area contributed by atoms with Gasteiger partial charge in [0.25, 0.3) is 5.60 Å². The van der Waals surface area contributed by atoms with Gasteiger partial charge in [-0.1, -0.05) is 43.0 Å². The predicted octanol–water partition coefficient (Wildman–Crippen LogP) is 4.10. The third-order valence-electron chi connectivity index (χ3n) is 3.71. The van der Waals surface area contributed by atoms with Crippen molar-refractivity contribution in [3.63, 3.8) is 0 Å². The topological polar surface area (TPSA) is 46.5 Å². The first kappa shape index (κ1) is 18.0. The average Bonchev–Trinajstić information content (AvgIpc) is 2.53. The van der Waals surface area contributed by atoms with Gasteiger partial charge in [0.2, 0.25) is 0 Å². The highest BCUT2D eigenvalue weighted by Gasteiger charge is 2.60. The number of esters is 1. The van der Waals surface area contributed by atoms with Crippen molar-refractivity contribution in [2.24, 2.45) is 0 Å². The number of carbonyl (C=O) groups excluding carboxylic acids is 1. The van der Waals surface area contributed by atoms with Crippen LogP contribution in [0.25, 0.3) is 16.3 Å². The van der Waals surface area contributed by atoms with E-state index >= 15 is 0 Å². The molecule has 0 fully saturated rings. The SMILES string of the molecule is C=C(CC(O)(C(=O)OCC)C(F)(F)F)c1ccc2ccccc2c1. The van der Waals surface area contributed by atoms with E-state index in [1.54, 1.807) is 24.3 Å². The van der Waals surface area contributed by atoms with Gasteiger partial charge in [-0.3, -0.25) is 0 Å². The number of halogens is 3. The number of aliphatic hydroxyl groups is 1. The van der Waals surface area contributed by atoms with Gasteiger partial charge < -0.3 is 9.84 Å². The number of rotatable bonds is 5. The Labute approximate surface area is 137 Å². The van der Waals surface area contributed by atoms with Crippen molar-refractivity contribution in [2.45, 2.75) is 25.1 Å². The van der Waals surface area contributed by atoms with Crippen molar-refractivity contribution in [3.8, 4) is 0 Å².